The van der Waals surface area contributed by atoms with E-state index in [-0.39, 0.29) is 17.1 Å². The Morgan fingerprint density at radius 3 is 1.80 bits per heavy atom. The molecule has 36 heteroatoms. The SMILES string of the molecule is NC(=O)Nc1cc(Nc2nc(Cl)nc(Nc3cc(S(=O)(=O)CCOS(=O)(=O)O)cc(S(=O)(=O)O)c3O)n2)ccc1/N=N/c1cc2c(S(=O)(=O)O)cc(S(=O)(=O)O)cc2cc1S(=O)(=O)O. The van der Waals surface area contributed by atoms with Gasteiger partial charge in [0.25, 0.3) is 40.5 Å². The second-order valence-electron chi connectivity index (χ2n) is 12.2. The van der Waals surface area contributed by atoms with Crippen LogP contribution in [0.4, 0.5) is 45.1 Å². The average Bonchev–Trinajstić information content (AvgIpc) is 3.11. The van der Waals surface area contributed by atoms with Gasteiger partial charge in [0, 0.05) is 11.1 Å². The van der Waals surface area contributed by atoms with Gasteiger partial charge in [0.15, 0.2) is 15.6 Å². The lowest BCUT2D eigenvalue weighted by atomic mass is 10.1. The first-order chi connectivity index (χ1) is 29.2. The first kappa shape index (κ1) is 49.2. The lowest BCUT2D eigenvalue weighted by Gasteiger charge is -2.14. The molecule has 29 nitrogen and oxygen atoms in total. The molecular weight excluding hydrogens is 1010 g/mol. The Kier molecular flexibility index (Phi) is 13.5. The molecule has 0 aliphatic carbocycles. The van der Waals surface area contributed by atoms with Gasteiger partial charge in [-0.2, -0.15) is 57.0 Å². The third-order valence-corrected chi connectivity index (χ3v) is 13.5. The van der Waals surface area contributed by atoms with Crippen molar-refractivity contribution < 1.29 is 87.4 Å². The molecule has 0 aliphatic heterocycles. The fraction of sp³-hybridized carbons (Fsp3) is 0.0714. The minimum absolute atomic E-state index is 0.0515. The Labute approximate surface area is 364 Å². The maximum absolute atomic E-state index is 12.9. The van der Waals surface area contributed by atoms with Crippen molar-refractivity contribution in [1.29, 1.82) is 0 Å². The number of hydrogen-bond donors (Lipinski definition) is 10. The highest BCUT2D eigenvalue weighted by atomic mass is 35.5. The van der Waals surface area contributed by atoms with E-state index in [1.54, 1.807) is 0 Å². The van der Waals surface area contributed by atoms with Crippen LogP contribution in [0, 0.1) is 0 Å². The van der Waals surface area contributed by atoms with Gasteiger partial charge in [0.1, 0.15) is 26.1 Å². The van der Waals surface area contributed by atoms with Crippen molar-refractivity contribution in [2.75, 3.05) is 28.3 Å². The number of primary amides is 1. The predicted octanol–water partition coefficient (Wildman–Crippen LogP) is 2.36. The number of azo groups is 1. The molecule has 0 saturated carbocycles. The number of nitrogens with two attached hydrogens (primary N) is 1. The van der Waals surface area contributed by atoms with Crippen molar-refractivity contribution in [3.05, 3.63) is 59.9 Å². The molecule has 4 aromatic carbocycles. The smallest absolute Gasteiger partial charge is 0.397 e. The summed E-state index contributed by atoms with van der Waals surface area (Å²) < 4.78 is 196. The minimum Gasteiger partial charge on any atom is -0.504 e. The van der Waals surface area contributed by atoms with E-state index in [0.717, 1.165) is 12.1 Å². The van der Waals surface area contributed by atoms with Crippen molar-refractivity contribution in [3.8, 4) is 5.75 Å². The van der Waals surface area contributed by atoms with Crippen molar-refractivity contribution in [1.82, 2.24) is 15.0 Å². The molecule has 0 fully saturated rings. The molecule has 0 bridgehead atoms. The number of phenolic OH excluding ortho intramolecular Hbond substituents is 1. The lowest BCUT2D eigenvalue weighted by Crippen LogP contribution is -2.19. The molecule has 344 valence electrons. The fourth-order valence-electron chi connectivity index (χ4n) is 5.14. The second-order valence-corrected chi connectivity index (χ2v) is 21.3. The van der Waals surface area contributed by atoms with Crippen LogP contribution < -0.4 is 21.7 Å². The Bertz CT molecular complexity index is 3510. The van der Waals surface area contributed by atoms with Gasteiger partial charge in [-0.05, 0) is 71.6 Å². The van der Waals surface area contributed by atoms with E-state index < -0.39 is 149 Å². The summed E-state index contributed by atoms with van der Waals surface area (Å²) in [6.45, 7) is -1.14. The van der Waals surface area contributed by atoms with Crippen LogP contribution in [0.3, 0.4) is 0 Å². The summed E-state index contributed by atoms with van der Waals surface area (Å²) >= 11 is 6.03. The van der Waals surface area contributed by atoms with Gasteiger partial charge in [-0.25, -0.2) is 17.4 Å². The van der Waals surface area contributed by atoms with E-state index in [1.807, 2.05) is 0 Å². The topological polar surface area (TPSA) is 478 Å². The number of sulfone groups is 1. The molecule has 0 spiro atoms. The number of carbonyl (C=O) groups excluding carboxylic acids is 1. The zero-order chi connectivity index (χ0) is 48.0. The quantitative estimate of drug-likeness (QED) is 0.0385. The fourth-order valence-corrected chi connectivity index (χ4v) is 9.53. The molecule has 0 aliphatic rings. The molecule has 5 aromatic rings. The number of fused-ring (bicyclic) bond motifs is 1. The zero-order valence-corrected chi connectivity index (χ0v) is 36.3. The van der Waals surface area contributed by atoms with Gasteiger partial charge in [-0.1, -0.05) is 0 Å². The van der Waals surface area contributed by atoms with Crippen LogP contribution in [0.2, 0.25) is 5.28 Å². The number of urea groups is 1. The largest absolute Gasteiger partial charge is 0.504 e. The number of aromatic nitrogens is 3. The number of hydrogen-bond acceptors (Lipinski definition) is 22. The number of rotatable bonds is 16. The van der Waals surface area contributed by atoms with Crippen molar-refractivity contribution in [2.24, 2.45) is 16.0 Å². The van der Waals surface area contributed by atoms with E-state index >= 15 is 0 Å². The molecule has 64 heavy (non-hydrogen) atoms. The molecule has 11 N–H and O–H groups in total. The summed E-state index contributed by atoms with van der Waals surface area (Å²) in [5.41, 5.74) is 2.99. The summed E-state index contributed by atoms with van der Waals surface area (Å²) in [5.74, 6) is -3.55. The van der Waals surface area contributed by atoms with Gasteiger partial charge in [0.2, 0.25) is 17.2 Å². The van der Waals surface area contributed by atoms with Crippen molar-refractivity contribution in [2.45, 2.75) is 24.5 Å². The summed E-state index contributed by atoms with van der Waals surface area (Å²) in [7, 11) is -30.8. The van der Waals surface area contributed by atoms with E-state index in [1.165, 1.54) is 6.07 Å². The lowest BCUT2D eigenvalue weighted by molar-refractivity contribution is 0.259. The number of amides is 2. The maximum Gasteiger partial charge on any atom is 0.397 e. The van der Waals surface area contributed by atoms with Gasteiger partial charge in [-0.15, -0.1) is 10.2 Å². The Morgan fingerprint density at radius 2 is 1.23 bits per heavy atom. The number of nitrogens with zero attached hydrogens (tertiary/aromatic N) is 5. The predicted molar refractivity (Wildman–Crippen MR) is 216 cm³/mol. The molecule has 0 unspecified atom stereocenters. The third kappa shape index (κ3) is 12.2. The summed E-state index contributed by atoms with van der Waals surface area (Å²) in [4.78, 5) is 17.9. The normalized spacial score (nSPS) is 13.0. The standard InChI is InChI=1S/C28H24ClN9O20S6/c29-25-34-27(36-28(35-25)33-20-8-14(9-23(24(20)39)63(52,53)54)59(41,42)4-3-58-64(55,56)57)31-13-1-2-17(18(7-13)32-26(30)40)37-38-19-11-16-12(6-22(19)62(49,50)51)5-15(60(43,44)45)10-21(16)61(46,47)48/h1-2,5-11,39H,3-4H2,(H3,30,32,40)(H,43,44,45)(H,46,47,48)(H,49,50,51)(H,52,53,54)(H,55,56,57)(H2,31,33,34,35,36)/b38-37+. The molecule has 1 heterocycles. The molecule has 2 amide bonds. The van der Waals surface area contributed by atoms with Crippen LogP contribution in [-0.4, -0.2) is 112 Å². The van der Waals surface area contributed by atoms with E-state index in [4.69, 9.17) is 21.9 Å². The molecule has 0 radical (unpaired) electrons. The van der Waals surface area contributed by atoms with Gasteiger partial charge < -0.3 is 26.8 Å². The molecule has 0 atom stereocenters. The summed E-state index contributed by atoms with van der Waals surface area (Å²) in [6, 6.07) is 5.32. The summed E-state index contributed by atoms with van der Waals surface area (Å²) in [5, 5.41) is 23.5. The average molecular weight is 1030 g/mol. The highest BCUT2D eigenvalue weighted by Crippen LogP contribution is 2.39. The van der Waals surface area contributed by atoms with Crippen LogP contribution in [0.25, 0.3) is 10.8 Å². The minimum atomic E-state index is -5.36. The van der Waals surface area contributed by atoms with Crippen molar-refractivity contribution >= 4 is 129 Å². The van der Waals surface area contributed by atoms with Gasteiger partial charge in [-0.3, -0.25) is 22.8 Å². The highest BCUT2D eigenvalue weighted by molar-refractivity contribution is 7.91. The van der Waals surface area contributed by atoms with Gasteiger partial charge >= 0.3 is 16.4 Å². The van der Waals surface area contributed by atoms with E-state index in [2.05, 4.69) is 45.3 Å². The van der Waals surface area contributed by atoms with Crippen LogP contribution in [0.5, 0.6) is 5.75 Å². The number of carbonyl (C=O) groups is 1. The first-order valence-corrected chi connectivity index (χ1v) is 25.2. The Hall–Kier alpha value is -5.83. The Morgan fingerprint density at radius 1 is 0.656 bits per heavy atom. The van der Waals surface area contributed by atoms with Crippen LogP contribution in [0.15, 0.2) is 89.3 Å². The monoisotopic (exact) mass is 1030 g/mol. The highest BCUT2D eigenvalue weighted by Gasteiger charge is 2.28. The van der Waals surface area contributed by atoms with Crippen LogP contribution >= 0.6 is 11.6 Å². The van der Waals surface area contributed by atoms with Crippen molar-refractivity contribution in [3.63, 3.8) is 0 Å². The number of phenols is 1. The maximum atomic E-state index is 12.9. The Balaban J connectivity index is 1.53. The molecule has 0 saturated heterocycles. The number of benzene rings is 4. The number of anilines is 5. The zero-order valence-electron chi connectivity index (χ0n) is 30.6. The number of nitrogens with one attached hydrogen (secondary N) is 3. The van der Waals surface area contributed by atoms with Crippen LogP contribution in [-0.2, 0) is 64.9 Å². The van der Waals surface area contributed by atoms with E-state index in [0.29, 0.717) is 36.4 Å². The van der Waals surface area contributed by atoms with E-state index in [9.17, 15) is 78.6 Å². The molecule has 5 rings (SSSR count). The summed E-state index contributed by atoms with van der Waals surface area (Å²) in [6.07, 6.45) is 0. The number of aromatic hydroxyl groups is 1. The van der Waals surface area contributed by atoms with Gasteiger partial charge in [0.05, 0.1) is 33.5 Å². The van der Waals surface area contributed by atoms with Crippen LogP contribution in [0.1, 0.15) is 0 Å². The third-order valence-electron chi connectivity index (χ3n) is 7.72. The first-order valence-electron chi connectivity index (χ1n) is 16.0. The number of halogens is 1. The molecule has 1 aromatic heterocycles. The molecular formula is C28H24ClN9O20S6. The second kappa shape index (κ2) is 17.6.